The third-order valence-electron chi connectivity index (χ3n) is 3.85. The van der Waals surface area contributed by atoms with Gasteiger partial charge in [-0.05, 0) is 18.8 Å². The zero-order valence-corrected chi connectivity index (χ0v) is 12.7. The molecule has 0 saturated heterocycles. The van der Waals surface area contributed by atoms with Crippen LogP contribution < -0.4 is 5.14 Å². The molecule has 5 nitrogen and oxygen atoms in total. The van der Waals surface area contributed by atoms with Crippen molar-refractivity contribution in [1.82, 2.24) is 9.55 Å². The van der Waals surface area contributed by atoms with E-state index < -0.39 is 10.0 Å². The minimum atomic E-state index is -3.72. The van der Waals surface area contributed by atoms with Crippen molar-refractivity contribution in [2.45, 2.75) is 63.4 Å². The maximum atomic E-state index is 11.5. The van der Waals surface area contributed by atoms with Crippen LogP contribution in [0.1, 0.15) is 64.2 Å². The van der Waals surface area contributed by atoms with Gasteiger partial charge in [-0.3, -0.25) is 0 Å². The Labute approximate surface area is 115 Å². The van der Waals surface area contributed by atoms with E-state index in [9.17, 15) is 8.42 Å². The maximum Gasteiger partial charge on any atom is 0.257 e. The minimum Gasteiger partial charge on any atom is -0.330 e. The Bertz CT molecular complexity index is 548. The molecule has 1 fully saturated rings. The monoisotopic (exact) mass is 285 g/mol. The predicted molar refractivity (Wildman–Crippen MR) is 74.4 cm³/mol. The van der Waals surface area contributed by atoms with E-state index in [1.807, 2.05) is 18.4 Å². The lowest BCUT2D eigenvalue weighted by molar-refractivity contribution is 0.276. The Morgan fingerprint density at radius 3 is 2.63 bits per heavy atom. The fourth-order valence-corrected chi connectivity index (χ4v) is 3.38. The highest BCUT2D eigenvalue weighted by Gasteiger charge is 2.26. The second-order valence-electron chi connectivity index (χ2n) is 5.97. The van der Waals surface area contributed by atoms with Gasteiger partial charge in [0.1, 0.15) is 5.82 Å². The van der Waals surface area contributed by atoms with E-state index >= 15 is 0 Å². The molecule has 1 aromatic rings. The molecule has 2 N–H and O–H groups in total. The summed E-state index contributed by atoms with van der Waals surface area (Å²) in [6.07, 6.45) is 6.23. The van der Waals surface area contributed by atoms with Crippen molar-refractivity contribution in [2.24, 2.45) is 11.1 Å². The lowest BCUT2D eigenvalue weighted by Crippen LogP contribution is -2.19. The largest absolute Gasteiger partial charge is 0.330 e. The van der Waals surface area contributed by atoms with Crippen molar-refractivity contribution in [3.63, 3.8) is 0 Å². The van der Waals surface area contributed by atoms with Crippen LogP contribution in [0.2, 0.25) is 0 Å². The SMILES string of the molecule is CC1CCCC(n2cc(S(N)(=O)=O)nc2C(C)C)C1. The van der Waals surface area contributed by atoms with Crippen LogP contribution in [0.25, 0.3) is 0 Å². The molecule has 2 unspecified atom stereocenters. The smallest absolute Gasteiger partial charge is 0.257 e. The van der Waals surface area contributed by atoms with Gasteiger partial charge in [0.05, 0.1) is 0 Å². The van der Waals surface area contributed by atoms with Crippen LogP contribution in [0.15, 0.2) is 11.2 Å². The topological polar surface area (TPSA) is 78.0 Å². The molecule has 0 radical (unpaired) electrons. The van der Waals surface area contributed by atoms with E-state index in [1.54, 1.807) is 6.20 Å². The summed E-state index contributed by atoms with van der Waals surface area (Å²) >= 11 is 0. The third-order valence-corrected chi connectivity index (χ3v) is 4.63. The molecule has 1 aliphatic carbocycles. The standard InChI is InChI=1S/C13H23N3O2S/c1-9(2)13-15-12(19(14,17)18)8-16(13)11-6-4-5-10(3)7-11/h8-11H,4-7H2,1-3H3,(H2,14,17,18). The summed E-state index contributed by atoms with van der Waals surface area (Å²) in [5.41, 5.74) is 0. The normalized spacial score (nSPS) is 24.9. The molecular formula is C13H23N3O2S. The predicted octanol–water partition coefficient (Wildman–Crippen LogP) is 2.41. The van der Waals surface area contributed by atoms with Crippen molar-refractivity contribution in [3.8, 4) is 0 Å². The van der Waals surface area contributed by atoms with Crippen molar-refractivity contribution in [3.05, 3.63) is 12.0 Å². The molecule has 0 amide bonds. The number of rotatable bonds is 3. The van der Waals surface area contributed by atoms with Gasteiger partial charge in [0.15, 0.2) is 5.03 Å². The molecule has 2 rings (SSSR count). The van der Waals surface area contributed by atoms with Gasteiger partial charge in [0, 0.05) is 18.2 Å². The van der Waals surface area contributed by atoms with Crippen LogP contribution in [0.3, 0.4) is 0 Å². The average molecular weight is 285 g/mol. The van der Waals surface area contributed by atoms with Gasteiger partial charge in [0.2, 0.25) is 0 Å². The molecule has 0 bridgehead atoms. The second kappa shape index (κ2) is 5.25. The van der Waals surface area contributed by atoms with Crippen molar-refractivity contribution in [2.75, 3.05) is 0 Å². The van der Waals surface area contributed by atoms with Crippen molar-refractivity contribution in [1.29, 1.82) is 0 Å². The molecule has 1 heterocycles. The Balaban J connectivity index is 2.40. The summed E-state index contributed by atoms with van der Waals surface area (Å²) in [4.78, 5) is 4.23. The first kappa shape index (κ1) is 14.5. The lowest BCUT2D eigenvalue weighted by Gasteiger charge is -2.29. The van der Waals surface area contributed by atoms with Crippen LogP contribution in [0.5, 0.6) is 0 Å². The van der Waals surface area contributed by atoms with Gasteiger partial charge >= 0.3 is 0 Å². The van der Waals surface area contributed by atoms with Crippen LogP contribution in [-0.4, -0.2) is 18.0 Å². The summed E-state index contributed by atoms with van der Waals surface area (Å²) in [5.74, 6) is 1.69. The Morgan fingerprint density at radius 1 is 1.42 bits per heavy atom. The molecule has 6 heteroatoms. The first-order valence-corrected chi connectivity index (χ1v) is 8.45. The summed E-state index contributed by atoms with van der Waals surface area (Å²) in [6, 6.07) is 0.351. The Kier molecular flexibility index (Phi) is 4.01. The quantitative estimate of drug-likeness (QED) is 0.926. The number of hydrogen-bond acceptors (Lipinski definition) is 3. The number of nitrogens with two attached hydrogens (primary N) is 1. The zero-order chi connectivity index (χ0) is 14.2. The van der Waals surface area contributed by atoms with Crippen LogP contribution >= 0.6 is 0 Å². The van der Waals surface area contributed by atoms with Gasteiger partial charge in [0.25, 0.3) is 10.0 Å². The minimum absolute atomic E-state index is 0.00516. The number of hydrogen-bond donors (Lipinski definition) is 1. The zero-order valence-electron chi connectivity index (χ0n) is 11.8. The highest BCUT2D eigenvalue weighted by molar-refractivity contribution is 7.89. The number of imidazole rings is 1. The molecule has 19 heavy (non-hydrogen) atoms. The maximum absolute atomic E-state index is 11.5. The summed E-state index contributed by atoms with van der Waals surface area (Å²) < 4.78 is 25.0. The van der Waals surface area contributed by atoms with E-state index in [-0.39, 0.29) is 10.9 Å². The summed E-state index contributed by atoms with van der Waals surface area (Å²) in [7, 11) is -3.72. The Hall–Kier alpha value is -0.880. The molecule has 1 aromatic heterocycles. The van der Waals surface area contributed by atoms with Gasteiger partial charge in [-0.2, -0.15) is 0 Å². The van der Waals surface area contributed by atoms with Gasteiger partial charge < -0.3 is 4.57 Å². The highest BCUT2D eigenvalue weighted by atomic mass is 32.2. The molecule has 2 atom stereocenters. The van der Waals surface area contributed by atoms with Gasteiger partial charge in [-0.25, -0.2) is 18.5 Å². The van der Waals surface area contributed by atoms with Crippen molar-refractivity contribution >= 4 is 10.0 Å². The van der Waals surface area contributed by atoms with Gasteiger partial charge in [-0.1, -0.05) is 33.6 Å². The molecular weight excluding hydrogens is 262 g/mol. The first-order valence-electron chi connectivity index (χ1n) is 6.90. The molecule has 0 aromatic carbocycles. The number of nitrogens with zero attached hydrogens (tertiary/aromatic N) is 2. The van der Waals surface area contributed by atoms with E-state index in [1.165, 1.54) is 12.8 Å². The summed E-state index contributed by atoms with van der Waals surface area (Å²) in [5, 5.41) is 5.19. The summed E-state index contributed by atoms with van der Waals surface area (Å²) in [6.45, 7) is 6.30. The number of aromatic nitrogens is 2. The molecule has 108 valence electrons. The van der Waals surface area contributed by atoms with Crippen LogP contribution in [0.4, 0.5) is 0 Å². The fourth-order valence-electron chi connectivity index (χ4n) is 2.90. The molecule has 1 saturated carbocycles. The molecule has 0 aliphatic heterocycles. The fraction of sp³-hybridized carbons (Fsp3) is 0.769. The number of primary sulfonamides is 1. The van der Waals surface area contributed by atoms with E-state index in [0.717, 1.165) is 18.7 Å². The molecule has 1 aliphatic rings. The highest BCUT2D eigenvalue weighted by Crippen LogP contribution is 2.34. The van der Waals surface area contributed by atoms with Gasteiger partial charge in [-0.15, -0.1) is 0 Å². The van der Waals surface area contributed by atoms with Crippen LogP contribution in [0, 0.1) is 5.92 Å². The molecule has 0 spiro atoms. The van der Waals surface area contributed by atoms with Crippen LogP contribution in [-0.2, 0) is 10.0 Å². The average Bonchev–Trinajstić information content (AvgIpc) is 2.73. The van der Waals surface area contributed by atoms with E-state index in [2.05, 4.69) is 11.9 Å². The number of sulfonamides is 1. The third kappa shape index (κ3) is 3.17. The second-order valence-corrected chi connectivity index (χ2v) is 7.48. The van der Waals surface area contributed by atoms with E-state index in [4.69, 9.17) is 5.14 Å². The first-order chi connectivity index (χ1) is 8.79. The lowest BCUT2D eigenvalue weighted by atomic mass is 9.87. The van der Waals surface area contributed by atoms with Crippen molar-refractivity contribution < 1.29 is 8.42 Å². The van der Waals surface area contributed by atoms with E-state index in [0.29, 0.717) is 12.0 Å². The Morgan fingerprint density at radius 2 is 2.11 bits per heavy atom.